The van der Waals surface area contributed by atoms with Gasteiger partial charge in [0.15, 0.2) is 5.78 Å². The lowest BCUT2D eigenvalue weighted by Crippen LogP contribution is -2.39. The number of benzene rings is 1. The van der Waals surface area contributed by atoms with Crippen molar-refractivity contribution in [3.05, 3.63) is 68.0 Å². The number of rotatable bonds is 3. The maximum atomic E-state index is 12.2. The molecule has 0 aliphatic carbocycles. The molecule has 0 fully saturated rings. The van der Waals surface area contributed by atoms with Gasteiger partial charge in [0, 0.05) is 5.69 Å². The van der Waals surface area contributed by atoms with E-state index in [9.17, 15) is 14.4 Å². The molecule has 0 spiro atoms. The molecule has 0 radical (unpaired) electrons. The molecule has 1 heterocycles. The van der Waals surface area contributed by atoms with Gasteiger partial charge in [-0.3, -0.25) is 14.2 Å². The molecule has 1 aromatic heterocycles. The van der Waals surface area contributed by atoms with Crippen LogP contribution >= 0.6 is 0 Å². The molecule has 0 bridgehead atoms. The lowest BCUT2D eigenvalue weighted by Gasteiger charge is -2.08. The number of hydrogen-bond donors (Lipinski definition) is 1. The Bertz CT molecular complexity index is 727. The van der Waals surface area contributed by atoms with Crippen LogP contribution in [0, 0.1) is 6.92 Å². The van der Waals surface area contributed by atoms with Crippen LogP contribution in [-0.2, 0) is 6.54 Å². The van der Waals surface area contributed by atoms with E-state index in [-0.39, 0.29) is 17.9 Å². The number of carbonyl (C=O) groups excluding carboxylic acids is 1. The second-order valence-corrected chi connectivity index (χ2v) is 4.36. The van der Waals surface area contributed by atoms with Gasteiger partial charge in [-0.05, 0) is 19.4 Å². The molecule has 0 saturated heterocycles. The second-order valence-electron chi connectivity index (χ2n) is 4.36. The fraction of sp³-hybridized carbons (Fsp3) is 0.214. The Balaban J connectivity index is 2.59. The normalized spacial score (nSPS) is 10.4. The third-order valence-corrected chi connectivity index (χ3v) is 2.91. The van der Waals surface area contributed by atoms with Crippen LogP contribution < -0.4 is 11.2 Å². The van der Waals surface area contributed by atoms with Crippen molar-refractivity contribution in [2.75, 3.05) is 0 Å². The maximum absolute atomic E-state index is 12.2. The van der Waals surface area contributed by atoms with Crippen LogP contribution in [0.15, 0.2) is 39.9 Å². The molecule has 2 aromatic rings. The summed E-state index contributed by atoms with van der Waals surface area (Å²) in [5.41, 5.74) is 0.129. The van der Waals surface area contributed by atoms with E-state index in [1.807, 2.05) is 30.3 Å². The van der Waals surface area contributed by atoms with Gasteiger partial charge < -0.3 is 4.98 Å². The average Bonchev–Trinajstić information content (AvgIpc) is 2.35. The highest BCUT2D eigenvalue weighted by molar-refractivity contribution is 5.94. The van der Waals surface area contributed by atoms with Crippen molar-refractivity contribution in [2.45, 2.75) is 20.4 Å². The summed E-state index contributed by atoms with van der Waals surface area (Å²) in [5, 5.41) is 0. The largest absolute Gasteiger partial charge is 0.328 e. The van der Waals surface area contributed by atoms with Crippen LogP contribution in [0.1, 0.15) is 28.5 Å². The Labute approximate surface area is 109 Å². The number of aromatic nitrogens is 2. The zero-order valence-electron chi connectivity index (χ0n) is 10.8. The summed E-state index contributed by atoms with van der Waals surface area (Å²) < 4.78 is 1.04. The van der Waals surface area contributed by atoms with E-state index < -0.39 is 11.2 Å². The van der Waals surface area contributed by atoms with E-state index in [4.69, 9.17) is 0 Å². The smallest absolute Gasteiger partial charge is 0.311 e. The number of hydrogen-bond acceptors (Lipinski definition) is 3. The zero-order chi connectivity index (χ0) is 14.0. The van der Waals surface area contributed by atoms with Crippen molar-refractivity contribution < 1.29 is 4.79 Å². The fourth-order valence-electron chi connectivity index (χ4n) is 2.00. The molecular formula is C14H14N2O3. The standard InChI is InChI=1S/C14H14N2O3/c1-9-12(10(2)17)13(18)16(14(19)15-9)8-11-6-4-3-5-7-11/h3-7H,8H2,1-2H3,(H,15,19). The molecular weight excluding hydrogens is 244 g/mol. The number of H-pyrrole nitrogens is 1. The van der Waals surface area contributed by atoms with Crippen molar-refractivity contribution in [1.82, 2.24) is 9.55 Å². The number of Topliss-reactive ketones (excluding diaryl/α,β-unsaturated/α-hetero) is 1. The summed E-state index contributed by atoms with van der Waals surface area (Å²) in [6, 6.07) is 9.15. The van der Waals surface area contributed by atoms with Crippen LogP contribution in [0.3, 0.4) is 0 Å². The van der Waals surface area contributed by atoms with E-state index >= 15 is 0 Å². The molecule has 19 heavy (non-hydrogen) atoms. The van der Waals surface area contributed by atoms with Gasteiger partial charge in [0.05, 0.1) is 6.54 Å². The summed E-state index contributed by atoms with van der Waals surface area (Å²) in [7, 11) is 0. The highest BCUT2D eigenvalue weighted by Gasteiger charge is 2.14. The van der Waals surface area contributed by atoms with E-state index in [2.05, 4.69) is 4.98 Å². The topological polar surface area (TPSA) is 71.9 Å². The first-order valence-electron chi connectivity index (χ1n) is 5.89. The second kappa shape index (κ2) is 5.06. The maximum Gasteiger partial charge on any atom is 0.328 e. The molecule has 0 aliphatic heterocycles. The predicted octanol–water partition coefficient (Wildman–Crippen LogP) is 1.10. The third-order valence-electron chi connectivity index (χ3n) is 2.91. The molecule has 1 N–H and O–H groups in total. The van der Waals surface area contributed by atoms with Crippen molar-refractivity contribution in [1.29, 1.82) is 0 Å². The first-order valence-corrected chi connectivity index (χ1v) is 5.89. The lowest BCUT2D eigenvalue weighted by atomic mass is 10.1. The van der Waals surface area contributed by atoms with Gasteiger partial charge in [0.25, 0.3) is 5.56 Å². The Morgan fingerprint density at radius 2 is 1.84 bits per heavy atom. The van der Waals surface area contributed by atoms with Crippen LogP contribution in [-0.4, -0.2) is 15.3 Å². The van der Waals surface area contributed by atoms with Crippen molar-refractivity contribution in [2.24, 2.45) is 0 Å². The molecule has 0 atom stereocenters. The van der Waals surface area contributed by atoms with Crippen molar-refractivity contribution in [3.63, 3.8) is 0 Å². The summed E-state index contributed by atoms with van der Waals surface area (Å²) in [6.07, 6.45) is 0. The van der Waals surface area contributed by atoms with E-state index in [1.54, 1.807) is 6.92 Å². The molecule has 98 valence electrons. The summed E-state index contributed by atoms with van der Waals surface area (Å²) in [6.45, 7) is 3.01. The first-order chi connectivity index (χ1) is 9.00. The SMILES string of the molecule is CC(=O)c1c(C)[nH]c(=O)n(Cc2ccccc2)c1=O. The third kappa shape index (κ3) is 2.54. The quantitative estimate of drug-likeness (QED) is 0.838. The molecule has 2 rings (SSSR count). The minimum atomic E-state index is -0.544. The summed E-state index contributed by atoms with van der Waals surface area (Å²) >= 11 is 0. The predicted molar refractivity (Wildman–Crippen MR) is 71.6 cm³/mol. The lowest BCUT2D eigenvalue weighted by molar-refractivity contribution is 0.101. The molecule has 5 nitrogen and oxygen atoms in total. The number of nitrogens with one attached hydrogen (secondary N) is 1. The zero-order valence-corrected chi connectivity index (χ0v) is 10.8. The molecule has 0 unspecified atom stereocenters. The van der Waals surface area contributed by atoms with E-state index in [1.165, 1.54) is 6.92 Å². The van der Waals surface area contributed by atoms with Crippen LogP contribution in [0.2, 0.25) is 0 Å². The molecule has 1 aromatic carbocycles. The number of carbonyl (C=O) groups is 1. The number of aryl methyl sites for hydroxylation is 1. The summed E-state index contributed by atoms with van der Waals surface area (Å²) in [5.74, 6) is -0.347. The highest BCUT2D eigenvalue weighted by Crippen LogP contribution is 2.01. The fourth-order valence-corrected chi connectivity index (χ4v) is 2.00. The van der Waals surface area contributed by atoms with Crippen LogP contribution in [0.5, 0.6) is 0 Å². The number of nitrogens with zero attached hydrogens (tertiary/aromatic N) is 1. The highest BCUT2D eigenvalue weighted by atomic mass is 16.2. The Kier molecular flexibility index (Phi) is 3.46. The van der Waals surface area contributed by atoms with Gasteiger partial charge in [0.1, 0.15) is 5.56 Å². The van der Waals surface area contributed by atoms with Gasteiger partial charge in [-0.2, -0.15) is 0 Å². The Morgan fingerprint density at radius 1 is 1.21 bits per heavy atom. The average molecular weight is 258 g/mol. The van der Waals surface area contributed by atoms with E-state index in [0.29, 0.717) is 5.69 Å². The Morgan fingerprint density at radius 3 is 2.42 bits per heavy atom. The van der Waals surface area contributed by atoms with Gasteiger partial charge in [0.2, 0.25) is 0 Å². The van der Waals surface area contributed by atoms with Crippen LogP contribution in [0.25, 0.3) is 0 Å². The summed E-state index contributed by atoms with van der Waals surface area (Å²) in [4.78, 5) is 38.0. The molecule has 0 aliphatic rings. The Hall–Kier alpha value is -2.43. The number of ketones is 1. The molecule has 0 amide bonds. The van der Waals surface area contributed by atoms with E-state index in [0.717, 1.165) is 10.1 Å². The first kappa shape index (κ1) is 13.0. The minimum absolute atomic E-state index is 0.0375. The van der Waals surface area contributed by atoms with Gasteiger partial charge in [-0.15, -0.1) is 0 Å². The minimum Gasteiger partial charge on any atom is -0.311 e. The molecule has 5 heteroatoms. The number of aromatic amines is 1. The molecule has 0 saturated carbocycles. The van der Waals surface area contributed by atoms with Crippen molar-refractivity contribution >= 4 is 5.78 Å². The van der Waals surface area contributed by atoms with Gasteiger partial charge >= 0.3 is 5.69 Å². The van der Waals surface area contributed by atoms with Crippen molar-refractivity contribution in [3.8, 4) is 0 Å². The van der Waals surface area contributed by atoms with Crippen LogP contribution in [0.4, 0.5) is 0 Å². The monoisotopic (exact) mass is 258 g/mol. The van der Waals surface area contributed by atoms with Gasteiger partial charge in [-0.1, -0.05) is 30.3 Å². The van der Waals surface area contributed by atoms with Gasteiger partial charge in [-0.25, -0.2) is 4.79 Å².